The van der Waals surface area contributed by atoms with Crippen molar-refractivity contribution < 1.29 is 28.7 Å². The first-order valence-electron chi connectivity index (χ1n) is 12.0. The number of hydrogen-bond acceptors (Lipinski definition) is 6. The van der Waals surface area contributed by atoms with Crippen molar-refractivity contribution in [3.05, 3.63) is 35.4 Å². The Morgan fingerprint density at radius 1 is 1.11 bits per heavy atom. The van der Waals surface area contributed by atoms with Crippen molar-refractivity contribution in [3.63, 3.8) is 0 Å². The van der Waals surface area contributed by atoms with Crippen molar-refractivity contribution in [1.29, 1.82) is 0 Å². The van der Waals surface area contributed by atoms with Crippen molar-refractivity contribution in [2.45, 2.75) is 78.6 Å². The molecule has 0 aromatic heterocycles. The van der Waals surface area contributed by atoms with Gasteiger partial charge in [-0.1, -0.05) is 44.4 Å². The summed E-state index contributed by atoms with van der Waals surface area (Å²) in [6.07, 6.45) is 5.55. The number of hydrogen-bond donors (Lipinski definition) is 2. The molecule has 0 aliphatic carbocycles. The number of ether oxygens (including phenoxy) is 2. The summed E-state index contributed by atoms with van der Waals surface area (Å²) in [5.74, 6) is 0.568. The van der Waals surface area contributed by atoms with E-state index in [2.05, 4.69) is 21.3 Å². The van der Waals surface area contributed by atoms with Gasteiger partial charge in [0.05, 0.1) is 7.11 Å². The number of amides is 3. The first kappa shape index (κ1) is 30.5. The van der Waals surface area contributed by atoms with Crippen LogP contribution in [0.4, 0.5) is 4.79 Å². The van der Waals surface area contributed by atoms with Gasteiger partial charge in [-0.15, -0.1) is 6.42 Å². The average Bonchev–Trinajstić information content (AvgIpc) is 2.81. The second-order valence-corrected chi connectivity index (χ2v) is 9.78. The fraction of sp³-hybridized carbons (Fsp3) is 0.556. The molecule has 9 heteroatoms. The van der Waals surface area contributed by atoms with Gasteiger partial charge >= 0.3 is 12.1 Å². The highest BCUT2D eigenvalue weighted by Crippen LogP contribution is 2.28. The van der Waals surface area contributed by atoms with Crippen LogP contribution in [0.5, 0.6) is 0 Å². The molecule has 0 saturated heterocycles. The number of nitrogens with zero attached hydrogens (tertiary/aromatic N) is 1. The Morgan fingerprint density at radius 2 is 1.72 bits per heavy atom. The SMILES string of the molecule is C#Cc1ccccc1C(C(=O)NCC(=O)OC)N(C(=O)C(NC(=O)OC(C)(C)C)C(C)CC)C(C)C. The first-order chi connectivity index (χ1) is 16.8. The Kier molecular flexibility index (Phi) is 11.5. The number of esters is 1. The van der Waals surface area contributed by atoms with Gasteiger partial charge in [-0.3, -0.25) is 14.4 Å². The highest BCUT2D eigenvalue weighted by atomic mass is 16.6. The highest BCUT2D eigenvalue weighted by Gasteiger charge is 2.40. The number of carbonyl (C=O) groups is 4. The Labute approximate surface area is 214 Å². The first-order valence-corrected chi connectivity index (χ1v) is 12.0. The van der Waals surface area contributed by atoms with Crippen LogP contribution in [-0.4, -0.2) is 60.1 Å². The molecule has 1 rings (SSSR count). The summed E-state index contributed by atoms with van der Waals surface area (Å²) in [5, 5.41) is 5.23. The largest absolute Gasteiger partial charge is 0.468 e. The summed E-state index contributed by atoms with van der Waals surface area (Å²) in [4.78, 5) is 53.2. The van der Waals surface area contributed by atoms with Crippen molar-refractivity contribution >= 4 is 23.9 Å². The maximum Gasteiger partial charge on any atom is 0.408 e. The van der Waals surface area contributed by atoms with Crippen LogP contribution in [0.1, 0.15) is 72.1 Å². The molecule has 1 aromatic rings. The molecular formula is C27H39N3O6. The topological polar surface area (TPSA) is 114 Å². The normalized spacial score (nSPS) is 13.6. The fourth-order valence-electron chi connectivity index (χ4n) is 3.57. The van der Waals surface area contributed by atoms with E-state index in [4.69, 9.17) is 11.2 Å². The lowest BCUT2D eigenvalue weighted by Crippen LogP contribution is -2.57. The maximum absolute atomic E-state index is 14.0. The van der Waals surface area contributed by atoms with Crippen LogP contribution in [0.25, 0.3) is 0 Å². The van der Waals surface area contributed by atoms with Gasteiger partial charge in [0.25, 0.3) is 0 Å². The quantitative estimate of drug-likeness (QED) is 0.376. The van der Waals surface area contributed by atoms with E-state index >= 15 is 0 Å². The van der Waals surface area contributed by atoms with Gasteiger partial charge in [-0.05, 0) is 52.2 Å². The Hall–Kier alpha value is -3.54. The van der Waals surface area contributed by atoms with Crippen molar-refractivity contribution in [2.24, 2.45) is 5.92 Å². The molecule has 0 aliphatic rings. The van der Waals surface area contributed by atoms with Crippen LogP contribution in [0, 0.1) is 18.3 Å². The van der Waals surface area contributed by atoms with Crippen molar-refractivity contribution in [1.82, 2.24) is 15.5 Å². The van der Waals surface area contributed by atoms with Crippen LogP contribution in [-0.2, 0) is 23.9 Å². The van der Waals surface area contributed by atoms with Gasteiger partial charge in [0, 0.05) is 11.6 Å². The zero-order valence-corrected chi connectivity index (χ0v) is 22.5. The molecule has 3 amide bonds. The standard InChI is InChI=1S/C27H39N3O6/c1-10-18(5)22(29-26(34)36-27(6,7)8)25(33)30(17(3)4)23(24(32)28-16-21(31)35-9)20-15-13-12-14-19(20)11-2/h2,12-15,17-18,22-23H,10,16H2,1,3-9H3,(H,28,32)(H,29,34). The number of carbonyl (C=O) groups excluding carboxylic acids is 4. The molecule has 2 N–H and O–H groups in total. The van der Waals surface area contributed by atoms with Gasteiger partial charge in [0.2, 0.25) is 11.8 Å². The minimum Gasteiger partial charge on any atom is -0.468 e. The van der Waals surface area contributed by atoms with E-state index in [9.17, 15) is 19.2 Å². The van der Waals surface area contributed by atoms with E-state index < -0.39 is 47.6 Å². The molecule has 0 radical (unpaired) electrons. The van der Waals surface area contributed by atoms with E-state index in [1.54, 1.807) is 58.9 Å². The molecule has 0 heterocycles. The molecule has 3 atom stereocenters. The monoisotopic (exact) mass is 501 g/mol. The van der Waals surface area contributed by atoms with E-state index in [1.807, 2.05) is 13.8 Å². The van der Waals surface area contributed by atoms with Crippen LogP contribution in [0.15, 0.2) is 24.3 Å². The van der Waals surface area contributed by atoms with Crippen LogP contribution >= 0.6 is 0 Å². The lowest BCUT2D eigenvalue weighted by molar-refractivity contribution is -0.146. The lowest BCUT2D eigenvalue weighted by atomic mass is 9.93. The number of nitrogens with one attached hydrogen (secondary N) is 2. The molecule has 0 bridgehead atoms. The number of benzene rings is 1. The van der Waals surface area contributed by atoms with Crippen molar-refractivity contribution in [3.8, 4) is 12.3 Å². The summed E-state index contributed by atoms with van der Waals surface area (Å²) >= 11 is 0. The van der Waals surface area contributed by atoms with Crippen LogP contribution in [0.3, 0.4) is 0 Å². The molecule has 36 heavy (non-hydrogen) atoms. The molecule has 1 aromatic carbocycles. The molecule has 0 fully saturated rings. The summed E-state index contributed by atoms with van der Waals surface area (Å²) < 4.78 is 10.0. The highest BCUT2D eigenvalue weighted by molar-refractivity contribution is 5.94. The van der Waals surface area contributed by atoms with Gasteiger partial charge in [-0.2, -0.15) is 0 Å². The van der Waals surface area contributed by atoms with E-state index in [1.165, 1.54) is 12.0 Å². The third kappa shape index (κ3) is 8.59. The molecule has 9 nitrogen and oxygen atoms in total. The summed E-state index contributed by atoms with van der Waals surface area (Å²) in [5.41, 5.74) is 0.0892. The van der Waals surface area contributed by atoms with E-state index in [-0.39, 0.29) is 12.5 Å². The minimum absolute atomic E-state index is 0.270. The Balaban J connectivity index is 3.57. The Morgan fingerprint density at radius 3 is 2.22 bits per heavy atom. The van der Waals surface area contributed by atoms with Gasteiger partial charge in [-0.25, -0.2) is 4.79 Å². The minimum atomic E-state index is -1.17. The predicted molar refractivity (Wildman–Crippen MR) is 137 cm³/mol. The zero-order valence-electron chi connectivity index (χ0n) is 22.5. The average molecular weight is 502 g/mol. The summed E-state index contributed by atoms with van der Waals surface area (Å²) in [6, 6.07) is 4.18. The molecule has 198 valence electrons. The fourth-order valence-corrected chi connectivity index (χ4v) is 3.57. The van der Waals surface area contributed by atoms with Gasteiger partial charge in [0.1, 0.15) is 24.2 Å². The van der Waals surface area contributed by atoms with E-state index in [0.29, 0.717) is 17.5 Å². The summed E-state index contributed by atoms with van der Waals surface area (Å²) in [7, 11) is 1.21. The number of methoxy groups -OCH3 is 1. The Bertz CT molecular complexity index is 976. The van der Waals surface area contributed by atoms with Gasteiger partial charge in [0.15, 0.2) is 0 Å². The lowest BCUT2D eigenvalue weighted by Gasteiger charge is -2.38. The van der Waals surface area contributed by atoms with E-state index in [0.717, 1.165) is 0 Å². The predicted octanol–water partition coefficient (Wildman–Crippen LogP) is 3.17. The molecular weight excluding hydrogens is 462 g/mol. The zero-order chi connectivity index (χ0) is 27.6. The molecule has 0 saturated carbocycles. The number of terminal acetylenes is 1. The van der Waals surface area contributed by atoms with Crippen LogP contribution < -0.4 is 10.6 Å². The third-order valence-corrected chi connectivity index (χ3v) is 5.53. The second-order valence-electron chi connectivity index (χ2n) is 9.78. The smallest absolute Gasteiger partial charge is 0.408 e. The third-order valence-electron chi connectivity index (χ3n) is 5.53. The van der Waals surface area contributed by atoms with Crippen LogP contribution in [0.2, 0.25) is 0 Å². The number of alkyl carbamates (subject to hydrolysis) is 1. The number of rotatable bonds is 10. The second kappa shape index (κ2) is 13.5. The maximum atomic E-state index is 14.0. The molecule has 3 unspecified atom stereocenters. The van der Waals surface area contributed by atoms with Gasteiger partial charge < -0.3 is 25.0 Å². The molecule has 0 spiro atoms. The summed E-state index contributed by atoms with van der Waals surface area (Å²) in [6.45, 7) is 12.1. The van der Waals surface area contributed by atoms with Crippen molar-refractivity contribution in [2.75, 3.05) is 13.7 Å². The molecule has 0 aliphatic heterocycles.